The van der Waals surface area contributed by atoms with Crippen LogP contribution in [-0.2, 0) is 0 Å². The molecule has 5 rings (SSSR count). The van der Waals surface area contributed by atoms with Gasteiger partial charge < -0.3 is 9.47 Å². The van der Waals surface area contributed by atoms with Gasteiger partial charge >= 0.3 is 0 Å². The second kappa shape index (κ2) is 5.41. The molecule has 1 unspecified atom stereocenters. The number of allylic oxidation sites excluding steroid dienone is 1. The zero-order valence-electron chi connectivity index (χ0n) is 13.4. The molecule has 118 valence electrons. The van der Waals surface area contributed by atoms with E-state index in [1.54, 1.807) is 0 Å². The summed E-state index contributed by atoms with van der Waals surface area (Å²) in [4.78, 5) is 0. The van der Waals surface area contributed by atoms with Gasteiger partial charge in [-0.1, -0.05) is 42.5 Å². The van der Waals surface area contributed by atoms with Crippen molar-refractivity contribution in [1.82, 2.24) is 0 Å². The highest BCUT2D eigenvalue weighted by Gasteiger charge is 2.29. The highest BCUT2D eigenvalue weighted by molar-refractivity contribution is 5.68. The van der Waals surface area contributed by atoms with Gasteiger partial charge in [-0.25, -0.2) is 0 Å². The molecule has 2 aromatic carbocycles. The van der Waals surface area contributed by atoms with E-state index in [1.807, 2.05) is 30.3 Å². The first-order valence-corrected chi connectivity index (χ1v) is 8.53. The van der Waals surface area contributed by atoms with E-state index in [9.17, 15) is 0 Å². The molecular weight excluding hydrogens is 296 g/mol. The maximum Gasteiger partial charge on any atom is 0.142 e. The third-order valence-electron chi connectivity index (χ3n) is 4.90. The van der Waals surface area contributed by atoms with Crippen LogP contribution in [0, 0.1) is 0 Å². The molecule has 2 heterocycles. The average Bonchev–Trinajstić information content (AvgIpc) is 2.65. The lowest BCUT2D eigenvalue weighted by molar-refractivity contribution is 0.262. The standard InChI is InChI=1S/C22H18O2/c1-3-10-19-15(6-1)12-13-21(23-19)18-9-5-8-17-14-16-7-2-4-11-20(16)24-22(17)18/h1-4,6-7,10-14,21H,5,8-9H2. The van der Waals surface area contributed by atoms with Crippen LogP contribution in [0.5, 0.6) is 11.5 Å². The van der Waals surface area contributed by atoms with Crippen molar-refractivity contribution in [2.75, 3.05) is 0 Å². The molecule has 0 N–H and O–H groups in total. The molecule has 1 atom stereocenters. The molecule has 2 heteroatoms. The van der Waals surface area contributed by atoms with E-state index in [-0.39, 0.29) is 6.10 Å². The van der Waals surface area contributed by atoms with Gasteiger partial charge in [0.05, 0.1) is 0 Å². The zero-order chi connectivity index (χ0) is 15.9. The van der Waals surface area contributed by atoms with E-state index in [4.69, 9.17) is 9.47 Å². The van der Waals surface area contributed by atoms with Crippen molar-refractivity contribution >= 4 is 12.2 Å². The van der Waals surface area contributed by atoms with Gasteiger partial charge in [-0.2, -0.15) is 0 Å². The summed E-state index contributed by atoms with van der Waals surface area (Å²) < 4.78 is 12.5. The molecule has 2 nitrogen and oxygen atoms in total. The first-order chi connectivity index (χ1) is 11.9. The lowest BCUT2D eigenvalue weighted by Crippen LogP contribution is -2.25. The highest BCUT2D eigenvalue weighted by Crippen LogP contribution is 2.41. The minimum Gasteiger partial charge on any atom is -0.481 e. The summed E-state index contributed by atoms with van der Waals surface area (Å²) in [5.74, 6) is 2.91. The van der Waals surface area contributed by atoms with Crippen molar-refractivity contribution in [3.05, 3.63) is 82.6 Å². The number of ether oxygens (including phenoxy) is 2. The summed E-state index contributed by atoms with van der Waals surface area (Å²) in [5.41, 5.74) is 4.86. The van der Waals surface area contributed by atoms with Gasteiger partial charge in [-0.3, -0.25) is 0 Å². The molecule has 1 aliphatic carbocycles. The van der Waals surface area contributed by atoms with Gasteiger partial charge in [0.2, 0.25) is 0 Å². The van der Waals surface area contributed by atoms with Crippen LogP contribution in [-0.4, -0.2) is 6.10 Å². The Kier molecular flexibility index (Phi) is 3.08. The Labute approximate surface area is 141 Å². The maximum atomic E-state index is 6.29. The van der Waals surface area contributed by atoms with E-state index in [0.717, 1.165) is 42.1 Å². The van der Waals surface area contributed by atoms with Crippen LogP contribution >= 0.6 is 0 Å². The molecule has 0 radical (unpaired) electrons. The summed E-state index contributed by atoms with van der Waals surface area (Å²) in [6, 6.07) is 16.4. The van der Waals surface area contributed by atoms with E-state index < -0.39 is 0 Å². The Hall–Kier alpha value is -2.74. The maximum absolute atomic E-state index is 6.29. The van der Waals surface area contributed by atoms with Gasteiger partial charge in [0, 0.05) is 16.7 Å². The van der Waals surface area contributed by atoms with Gasteiger partial charge in [0.25, 0.3) is 0 Å². The molecule has 0 bridgehead atoms. The Morgan fingerprint density at radius 3 is 2.54 bits per heavy atom. The Morgan fingerprint density at radius 2 is 1.62 bits per heavy atom. The number of benzene rings is 2. The van der Waals surface area contributed by atoms with E-state index in [0.29, 0.717) is 0 Å². The average molecular weight is 314 g/mol. The molecule has 3 aliphatic rings. The van der Waals surface area contributed by atoms with E-state index in [2.05, 4.69) is 36.4 Å². The molecule has 0 saturated heterocycles. The van der Waals surface area contributed by atoms with E-state index >= 15 is 0 Å². The fourth-order valence-corrected chi connectivity index (χ4v) is 3.71. The first kappa shape index (κ1) is 13.7. The quantitative estimate of drug-likeness (QED) is 0.704. The number of para-hydroxylation sites is 2. The lowest BCUT2D eigenvalue weighted by atomic mass is 9.87. The zero-order valence-corrected chi connectivity index (χ0v) is 13.4. The Balaban J connectivity index is 1.56. The predicted molar refractivity (Wildman–Crippen MR) is 95.8 cm³/mol. The fraction of sp³-hybridized carbons (Fsp3) is 0.182. The molecule has 0 aromatic heterocycles. The van der Waals surface area contributed by atoms with Crippen LogP contribution in [0.2, 0.25) is 0 Å². The van der Waals surface area contributed by atoms with Crippen LogP contribution in [0.15, 0.2) is 71.5 Å². The summed E-state index contributed by atoms with van der Waals surface area (Å²) in [6.07, 6.45) is 9.78. The van der Waals surface area contributed by atoms with Crippen molar-refractivity contribution in [2.24, 2.45) is 0 Å². The molecule has 0 amide bonds. The molecule has 2 aliphatic heterocycles. The minimum absolute atomic E-state index is 0.0381. The molecular formula is C22H18O2. The second-order valence-electron chi connectivity index (χ2n) is 6.45. The highest BCUT2D eigenvalue weighted by atomic mass is 16.5. The van der Waals surface area contributed by atoms with Gasteiger partial charge in [0.1, 0.15) is 23.4 Å². The van der Waals surface area contributed by atoms with Crippen LogP contribution < -0.4 is 9.47 Å². The van der Waals surface area contributed by atoms with Crippen molar-refractivity contribution in [1.29, 1.82) is 0 Å². The topological polar surface area (TPSA) is 18.5 Å². The SMILES string of the molecule is C1=CC(C2=C3Oc4ccccc4C=C3CCC2)Oc2ccccc21. The third kappa shape index (κ3) is 2.18. The summed E-state index contributed by atoms with van der Waals surface area (Å²) in [7, 11) is 0. The summed E-state index contributed by atoms with van der Waals surface area (Å²) >= 11 is 0. The Bertz CT molecular complexity index is 902. The normalized spacial score (nSPS) is 21.0. The molecule has 0 spiro atoms. The molecule has 24 heavy (non-hydrogen) atoms. The number of hydrogen-bond acceptors (Lipinski definition) is 2. The minimum atomic E-state index is -0.0381. The second-order valence-corrected chi connectivity index (χ2v) is 6.45. The summed E-state index contributed by atoms with van der Waals surface area (Å²) in [5, 5.41) is 0. The van der Waals surface area contributed by atoms with Gasteiger partial charge in [-0.15, -0.1) is 0 Å². The largest absolute Gasteiger partial charge is 0.481 e. The van der Waals surface area contributed by atoms with Crippen LogP contribution in [0.3, 0.4) is 0 Å². The van der Waals surface area contributed by atoms with Crippen molar-refractivity contribution in [3.8, 4) is 11.5 Å². The van der Waals surface area contributed by atoms with Crippen LogP contribution in [0.1, 0.15) is 30.4 Å². The third-order valence-corrected chi connectivity index (χ3v) is 4.90. The molecule has 0 saturated carbocycles. The molecule has 2 aromatic rings. The first-order valence-electron chi connectivity index (χ1n) is 8.53. The number of hydrogen-bond donors (Lipinski definition) is 0. The van der Waals surface area contributed by atoms with Crippen LogP contribution in [0.4, 0.5) is 0 Å². The fourth-order valence-electron chi connectivity index (χ4n) is 3.71. The summed E-state index contributed by atoms with van der Waals surface area (Å²) in [6.45, 7) is 0. The molecule has 0 fully saturated rings. The van der Waals surface area contributed by atoms with Crippen LogP contribution in [0.25, 0.3) is 12.2 Å². The predicted octanol–water partition coefficient (Wildman–Crippen LogP) is 5.37. The monoisotopic (exact) mass is 314 g/mol. The van der Waals surface area contributed by atoms with Crippen molar-refractivity contribution in [3.63, 3.8) is 0 Å². The smallest absolute Gasteiger partial charge is 0.142 e. The Morgan fingerprint density at radius 1 is 0.833 bits per heavy atom. The van der Waals surface area contributed by atoms with Gasteiger partial charge in [0.15, 0.2) is 0 Å². The number of fused-ring (bicyclic) bond motifs is 3. The van der Waals surface area contributed by atoms with Crippen molar-refractivity contribution < 1.29 is 9.47 Å². The van der Waals surface area contributed by atoms with Crippen molar-refractivity contribution in [2.45, 2.75) is 25.4 Å². The van der Waals surface area contributed by atoms with E-state index in [1.165, 1.54) is 16.7 Å². The lowest BCUT2D eigenvalue weighted by Gasteiger charge is -2.31. The number of rotatable bonds is 1. The van der Waals surface area contributed by atoms with Gasteiger partial charge in [-0.05, 0) is 49.1 Å².